The van der Waals surface area contributed by atoms with Crippen LogP contribution in [0.3, 0.4) is 0 Å². The van der Waals surface area contributed by atoms with Crippen LogP contribution in [0.2, 0.25) is 0 Å². The first-order valence-electron chi connectivity index (χ1n) is 6.65. The Bertz CT molecular complexity index is 214. The highest BCUT2D eigenvalue weighted by atomic mass is 16.5. The van der Waals surface area contributed by atoms with Gasteiger partial charge in [0, 0.05) is 19.1 Å². The van der Waals surface area contributed by atoms with E-state index in [1.54, 1.807) is 0 Å². The zero-order chi connectivity index (χ0) is 11.6. The van der Waals surface area contributed by atoms with Crippen LogP contribution < -0.4 is 5.32 Å². The lowest BCUT2D eigenvalue weighted by Crippen LogP contribution is -2.53. The van der Waals surface area contributed by atoms with E-state index in [0.717, 1.165) is 19.7 Å². The van der Waals surface area contributed by atoms with Gasteiger partial charge in [0.2, 0.25) is 0 Å². The molecule has 0 radical (unpaired) electrons. The summed E-state index contributed by atoms with van der Waals surface area (Å²) in [6.45, 7) is 12.4. The normalized spacial score (nSPS) is 33.6. The first-order valence-corrected chi connectivity index (χ1v) is 6.65. The molecule has 0 spiro atoms. The summed E-state index contributed by atoms with van der Waals surface area (Å²) in [7, 11) is 0. The minimum Gasteiger partial charge on any atom is -0.374 e. The Balaban J connectivity index is 1.83. The maximum atomic E-state index is 5.84. The van der Waals surface area contributed by atoms with E-state index in [1.807, 2.05) is 0 Å². The Morgan fingerprint density at radius 1 is 1.31 bits per heavy atom. The van der Waals surface area contributed by atoms with Gasteiger partial charge in [0.25, 0.3) is 0 Å². The minimum absolute atomic E-state index is 0.384. The molecule has 0 aromatic carbocycles. The largest absolute Gasteiger partial charge is 0.374 e. The molecule has 1 N–H and O–H groups in total. The summed E-state index contributed by atoms with van der Waals surface area (Å²) in [6.07, 6.45) is 3.02. The van der Waals surface area contributed by atoms with Gasteiger partial charge in [-0.25, -0.2) is 0 Å². The summed E-state index contributed by atoms with van der Waals surface area (Å²) in [5.74, 6) is 0. The van der Waals surface area contributed by atoms with Crippen molar-refractivity contribution in [3.05, 3.63) is 0 Å². The molecule has 2 heterocycles. The third-order valence-electron chi connectivity index (χ3n) is 4.22. The molecule has 3 heteroatoms. The molecule has 0 aliphatic carbocycles. The number of ether oxygens (including phenoxy) is 1. The van der Waals surface area contributed by atoms with E-state index in [1.165, 1.54) is 25.9 Å². The van der Waals surface area contributed by atoms with Gasteiger partial charge in [0.05, 0.1) is 12.7 Å². The number of rotatable bonds is 2. The van der Waals surface area contributed by atoms with Gasteiger partial charge in [-0.05, 0) is 38.3 Å². The van der Waals surface area contributed by atoms with Gasteiger partial charge in [-0.1, -0.05) is 13.8 Å². The van der Waals surface area contributed by atoms with E-state index in [2.05, 4.69) is 31.0 Å². The summed E-state index contributed by atoms with van der Waals surface area (Å²) in [5.41, 5.74) is 0.544. The van der Waals surface area contributed by atoms with Crippen molar-refractivity contribution in [2.24, 2.45) is 5.41 Å². The third-order valence-corrected chi connectivity index (χ3v) is 4.22. The van der Waals surface area contributed by atoms with Crippen LogP contribution in [-0.2, 0) is 4.74 Å². The highest BCUT2D eigenvalue weighted by Crippen LogP contribution is 2.31. The van der Waals surface area contributed by atoms with Crippen LogP contribution in [0.1, 0.15) is 33.6 Å². The summed E-state index contributed by atoms with van der Waals surface area (Å²) in [4.78, 5) is 2.60. The van der Waals surface area contributed by atoms with E-state index in [-0.39, 0.29) is 0 Å². The standard InChI is InChI=1S/C13H26N2O/c1-11(12-10-14-6-9-16-12)15-7-4-13(2,3)5-8-15/h11-12,14H,4-10H2,1-3H3. The molecule has 94 valence electrons. The molecule has 2 rings (SSSR count). The fourth-order valence-corrected chi connectivity index (χ4v) is 2.67. The summed E-state index contributed by atoms with van der Waals surface area (Å²) < 4.78 is 5.84. The topological polar surface area (TPSA) is 24.5 Å². The fourth-order valence-electron chi connectivity index (χ4n) is 2.67. The molecule has 2 unspecified atom stereocenters. The molecule has 0 aromatic heterocycles. The van der Waals surface area contributed by atoms with Gasteiger partial charge in [0.1, 0.15) is 0 Å². The Labute approximate surface area is 99.5 Å². The van der Waals surface area contributed by atoms with Crippen molar-refractivity contribution >= 4 is 0 Å². The van der Waals surface area contributed by atoms with Gasteiger partial charge < -0.3 is 10.1 Å². The quantitative estimate of drug-likeness (QED) is 0.772. The second-order valence-electron chi connectivity index (χ2n) is 6.05. The lowest BCUT2D eigenvalue weighted by Gasteiger charge is -2.43. The lowest BCUT2D eigenvalue weighted by molar-refractivity contribution is -0.0384. The van der Waals surface area contributed by atoms with Crippen LogP contribution in [0.5, 0.6) is 0 Å². The van der Waals surface area contributed by atoms with Crippen LogP contribution in [0.25, 0.3) is 0 Å². The lowest BCUT2D eigenvalue weighted by atomic mass is 9.82. The van der Waals surface area contributed by atoms with Crippen molar-refractivity contribution in [3.63, 3.8) is 0 Å². The van der Waals surface area contributed by atoms with Crippen LogP contribution in [-0.4, -0.2) is 49.8 Å². The number of nitrogens with zero attached hydrogens (tertiary/aromatic N) is 1. The molecule has 2 aliphatic heterocycles. The number of likely N-dealkylation sites (tertiary alicyclic amines) is 1. The highest BCUT2D eigenvalue weighted by Gasteiger charge is 2.31. The molecular weight excluding hydrogens is 200 g/mol. The minimum atomic E-state index is 0.384. The highest BCUT2D eigenvalue weighted by molar-refractivity contribution is 4.86. The maximum absolute atomic E-state index is 5.84. The second kappa shape index (κ2) is 5.03. The van der Waals surface area contributed by atoms with Crippen molar-refractivity contribution in [1.82, 2.24) is 10.2 Å². The number of morpholine rings is 1. The van der Waals surface area contributed by atoms with Crippen LogP contribution in [0.15, 0.2) is 0 Å². The van der Waals surface area contributed by atoms with E-state index in [0.29, 0.717) is 17.6 Å². The molecule has 2 aliphatic rings. The van der Waals surface area contributed by atoms with Crippen LogP contribution in [0.4, 0.5) is 0 Å². The molecule has 0 aromatic rings. The monoisotopic (exact) mass is 226 g/mol. The number of piperidine rings is 1. The van der Waals surface area contributed by atoms with E-state index < -0.39 is 0 Å². The van der Waals surface area contributed by atoms with E-state index in [9.17, 15) is 0 Å². The van der Waals surface area contributed by atoms with Crippen molar-refractivity contribution in [2.45, 2.75) is 45.8 Å². The zero-order valence-corrected chi connectivity index (χ0v) is 11.0. The molecule has 2 atom stereocenters. The zero-order valence-electron chi connectivity index (χ0n) is 11.0. The number of nitrogens with one attached hydrogen (secondary N) is 1. The van der Waals surface area contributed by atoms with Crippen molar-refractivity contribution in [2.75, 3.05) is 32.8 Å². The van der Waals surface area contributed by atoms with Crippen LogP contribution >= 0.6 is 0 Å². The van der Waals surface area contributed by atoms with Crippen molar-refractivity contribution < 1.29 is 4.74 Å². The molecule has 0 bridgehead atoms. The molecule has 16 heavy (non-hydrogen) atoms. The molecule has 2 saturated heterocycles. The van der Waals surface area contributed by atoms with Gasteiger partial charge in [0.15, 0.2) is 0 Å². The predicted molar refractivity (Wildman–Crippen MR) is 66.7 cm³/mol. The van der Waals surface area contributed by atoms with Crippen LogP contribution in [0, 0.1) is 5.41 Å². The average Bonchev–Trinajstić information content (AvgIpc) is 2.29. The summed E-state index contributed by atoms with van der Waals surface area (Å²) in [5, 5.41) is 3.42. The van der Waals surface area contributed by atoms with Crippen molar-refractivity contribution in [1.29, 1.82) is 0 Å². The van der Waals surface area contributed by atoms with Gasteiger partial charge in [-0.2, -0.15) is 0 Å². The van der Waals surface area contributed by atoms with Crippen molar-refractivity contribution in [3.8, 4) is 0 Å². The SMILES string of the molecule is CC(C1CNCCO1)N1CCC(C)(C)CC1. The Morgan fingerprint density at radius 2 is 2.00 bits per heavy atom. The summed E-state index contributed by atoms with van der Waals surface area (Å²) in [6, 6.07) is 0.559. The summed E-state index contributed by atoms with van der Waals surface area (Å²) >= 11 is 0. The molecular formula is C13H26N2O. The number of hydrogen-bond acceptors (Lipinski definition) is 3. The Morgan fingerprint density at radius 3 is 2.56 bits per heavy atom. The molecule has 0 amide bonds. The smallest absolute Gasteiger partial charge is 0.0852 e. The molecule has 3 nitrogen and oxygen atoms in total. The first-order chi connectivity index (χ1) is 7.58. The molecule has 0 saturated carbocycles. The predicted octanol–water partition coefficient (Wildman–Crippen LogP) is 1.49. The van der Waals surface area contributed by atoms with Gasteiger partial charge in [-0.15, -0.1) is 0 Å². The van der Waals surface area contributed by atoms with Gasteiger partial charge >= 0.3 is 0 Å². The van der Waals surface area contributed by atoms with E-state index in [4.69, 9.17) is 4.74 Å². The first kappa shape index (κ1) is 12.3. The maximum Gasteiger partial charge on any atom is 0.0852 e. The third kappa shape index (κ3) is 2.96. The molecule has 2 fully saturated rings. The number of hydrogen-bond donors (Lipinski definition) is 1. The fraction of sp³-hybridized carbons (Fsp3) is 1.00. The van der Waals surface area contributed by atoms with Gasteiger partial charge in [-0.3, -0.25) is 4.90 Å². The average molecular weight is 226 g/mol. The Hall–Kier alpha value is -0.120. The second-order valence-corrected chi connectivity index (χ2v) is 6.05. The van der Waals surface area contributed by atoms with E-state index >= 15 is 0 Å². The Kier molecular flexibility index (Phi) is 3.88.